The lowest BCUT2D eigenvalue weighted by molar-refractivity contribution is 0.0708. The predicted octanol–water partition coefficient (Wildman–Crippen LogP) is 3.45. The molecule has 1 aromatic carbocycles. The van der Waals surface area contributed by atoms with E-state index in [1.165, 1.54) is 36.9 Å². The fraction of sp³-hybridized carbons (Fsp3) is 0.647. The maximum atomic E-state index is 6.10. The minimum atomic E-state index is 0.776. The van der Waals surface area contributed by atoms with E-state index in [0.29, 0.717) is 0 Å². The van der Waals surface area contributed by atoms with E-state index in [2.05, 4.69) is 30.9 Å². The van der Waals surface area contributed by atoms with E-state index in [1.54, 1.807) is 0 Å². The smallest absolute Gasteiger partial charge is 0.0350 e. The summed E-state index contributed by atoms with van der Waals surface area (Å²) in [6.07, 6.45) is 5.31. The molecule has 1 aliphatic heterocycles. The number of fused-ring (bicyclic) bond motifs is 1. The number of nitrogen functional groups attached to an aromatic ring is 1. The number of nitrogens with two attached hydrogens (primary N) is 1. The lowest BCUT2D eigenvalue weighted by atomic mass is 9.76. The van der Waals surface area contributed by atoms with Crippen LogP contribution in [0.4, 0.5) is 5.69 Å². The second-order valence-electron chi connectivity index (χ2n) is 6.54. The Balaban J connectivity index is 1.78. The Kier molecular flexibility index (Phi) is 3.53. The first kappa shape index (κ1) is 13.0. The first-order valence-corrected chi connectivity index (χ1v) is 7.77. The number of hydrogen-bond acceptors (Lipinski definition) is 2. The van der Waals surface area contributed by atoms with Gasteiger partial charge in [-0.1, -0.05) is 38.8 Å². The standard InChI is InChI=1S/C17H26N2/c1-12-5-3-8-17(13(12)2)19-10-9-15-14(11-19)6-4-7-16(15)18/h4,6-7,12-13,17H,3,5,8-11,18H2,1-2H3. The third-order valence-corrected chi connectivity index (χ3v) is 5.46. The number of hydrogen-bond donors (Lipinski definition) is 1. The van der Waals surface area contributed by atoms with Gasteiger partial charge in [-0.3, -0.25) is 4.90 Å². The van der Waals surface area contributed by atoms with Gasteiger partial charge in [0.15, 0.2) is 0 Å². The van der Waals surface area contributed by atoms with Gasteiger partial charge >= 0.3 is 0 Å². The average Bonchev–Trinajstić information content (AvgIpc) is 2.42. The largest absolute Gasteiger partial charge is 0.398 e. The predicted molar refractivity (Wildman–Crippen MR) is 80.9 cm³/mol. The van der Waals surface area contributed by atoms with E-state index in [4.69, 9.17) is 5.73 Å². The Morgan fingerprint density at radius 1 is 1.21 bits per heavy atom. The van der Waals surface area contributed by atoms with Crippen molar-refractivity contribution in [1.82, 2.24) is 4.90 Å². The molecule has 3 rings (SSSR count). The van der Waals surface area contributed by atoms with E-state index < -0.39 is 0 Å². The molecule has 3 unspecified atom stereocenters. The highest BCUT2D eigenvalue weighted by molar-refractivity contribution is 5.51. The van der Waals surface area contributed by atoms with E-state index in [1.807, 2.05) is 6.07 Å². The van der Waals surface area contributed by atoms with Gasteiger partial charge in [-0.2, -0.15) is 0 Å². The van der Waals surface area contributed by atoms with Crippen molar-refractivity contribution in [3.05, 3.63) is 29.3 Å². The summed E-state index contributed by atoms with van der Waals surface area (Å²) in [6.45, 7) is 7.15. The van der Waals surface area contributed by atoms with Crippen LogP contribution in [0.5, 0.6) is 0 Å². The highest BCUT2D eigenvalue weighted by atomic mass is 15.2. The van der Waals surface area contributed by atoms with Crippen LogP contribution in [0.15, 0.2) is 18.2 Å². The molecule has 0 saturated heterocycles. The van der Waals surface area contributed by atoms with Crippen LogP contribution in [0.2, 0.25) is 0 Å². The monoisotopic (exact) mass is 258 g/mol. The molecule has 0 amide bonds. The molecule has 0 bridgehead atoms. The number of rotatable bonds is 1. The van der Waals surface area contributed by atoms with Crippen LogP contribution in [-0.2, 0) is 13.0 Å². The van der Waals surface area contributed by atoms with Gasteiger partial charge < -0.3 is 5.73 Å². The minimum Gasteiger partial charge on any atom is -0.398 e. The Labute approximate surface area is 117 Å². The van der Waals surface area contributed by atoms with Gasteiger partial charge in [0, 0.05) is 24.8 Å². The fourth-order valence-corrected chi connectivity index (χ4v) is 4.01. The molecule has 0 radical (unpaired) electrons. The topological polar surface area (TPSA) is 29.3 Å². The van der Waals surface area contributed by atoms with Gasteiger partial charge in [-0.15, -0.1) is 0 Å². The summed E-state index contributed by atoms with van der Waals surface area (Å²) >= 11 is 0. The molecule has 1 aliphatic carbocycles. The summed E-state index contributed by atoms with van der Waals surface area (Å²) in [5.74, 6) is 1.71. The molecular weight excluding hydrogens is 232 g/mol. The molecule has 19 heavy (non-hydrogen) atoms. The van der Waals surface area contributed by atoms with Gasteiger partial charge in [0.05, 0.1) is 0 Å². The average molecular weight is 258 g/mol. The Hall–Kier alpha value is -1.02. The highest BCUT2D eigenvalue weighted by Crippen LogP contribution is 2.35. The fourth-order valence-electron chi connectivity index (χ4n) is 4.01. The normalized spacial score (nSPS) is 32.0. The van der Waals surface area contributed by atoms with Gasteiger partial charge in [-0.05, 0) is 41.9 Å². The molecule has 2 heteroatoms. The second kappa shape index (κ2) is 5.16. The van der Waals surface area contributed by atoms with Gasteiger partial charge in [0.1, 0.15) is 0 Å². The number of anilines is 1. The zero-order chi connectivity index (χ0) is 13.4. The van der Waals surface area contributed by atoms with Gasteiger partial charge in [0.25, 0.3) is 0 Å². The quantitative estimate of drug-likeness (QED) is 0.782. The lowest BCUT2D eigenvalue weighted by Gasteiger charge is -2.43. The molecule has 0 spiro atoms. The van der Waals surface area contributed by atoms with Crippen LogP contribution in [0.1, 0.15) is 44.2 Å². The molecule has 1 saturated carbocycles. The molecule has 1 fully saturated rings. The summed E-state index contributed by atoms with van der Waals surface area (Å²) in [4.78, 5) is 2.71. The van der Waals surface area contributed by atoms with Crippen molar-refractivity contribution in [2.75, 3.05) is 12.3 Å². The molecule has 2 nitrogen and oxygen atoms in total. The summed E-state index contributed by atoms with van der Waals surface area (Å²) in [5.41, 5.74) is 9.94. The second-order valence-corrected chi connectivity index (χ2v) is 6.54. The first-order chi connectivity index (χ1) is 9.16. The zero-order valence-corrected chi connectivity index (χ0v) is 12.2. The van der Waals surface area contributed by atoms with Gasteiger partial charge in [0.2, 0.25) is 0 Å². The molecule has 2 N–H and O–H groups in total. The zero-order valence-electron chi connectivity index (χ0n) is 12.2. The SMILES string of the molecule is CC1CCCC(N2CCc3c(N)cccc3C2)C1C. The van der Waals surface area contributed by atoms with Crippen molar-refractivity contribution < 1.29 is 0 Å². The van der Waals surface area contributed by atoms with E-state index in [-0.39, 0.29) is 0 Å². The van der Waals surface area contributed by atoms with Crippen LogP contribution in [0, 0.1) is 11.8 Å². The number of nitrogens with zero attached hydrogens (tertiary/aromatic N) is 1. The Bertz CT molecular complexity index is 455. The Morgan fingerprint density at radius 2 is 2.05 bits per heavy atom. The van der Waals surface area contributed by atoms with Crippen molar-refractivity contribution in [3.63, 3.8) is 0 Å². The molecule has 1 aromatic rings. The van der Waals surface area contributed by atoms with Crippen molar-refractivity contribution >= 4 is 5.69 Å². The maximum Gasteiger partial charge on any atom is 0.0350 e. The van der Waals surface area contributed by atoms with E-state index in [0.717, 1.165) is 36.5 Å². The highest BCUT2D eigenvalue weighted by Gasteiger charge is 2.33. The van der Waals surface area contributed by atoms with Crippen molar-refractivity contribution in [2.24, 2.45) is 11.8 Å². The molecular formula is C17H26N2. The Morgan fingerprint density at radius 3 is 2.89 bits per heavy atom. The lowest BCUT2D eigenvalue weighted by Crippen LogP contribution is -2.46. The maximum absolute atomic E-state index is 6.10. The minimum absolute atomic E-state index is 0.776. The molecule has 1 heterocycles. The van der Waals surface area contributed by atoms with Crippen LogP contribution < -0.4 is 5.73 Å². The molecule has 104 valence electrons. The summed E-state index contributed by atoms with van der Waals surface area (Å²) in [6, 6.07) is 7.18. The van der Waals surface area contributed by atoms with E-state index >= 15 is 0 Å². The van der Waals surface area contributed by atoms with Crippen LogP contribution in [-0.4, -0.2) is 17.5 Å². The van der Waals surface area contributed by atoms with Crippen LogP contribution in [0.25, 0.3) is 0 Å². The molecule has 2 aliphatic rings. The van der Waals surface area contributed by atoms with E-state index in [9.17, 15) is 0 Å². The summed E-state index contributed by atoms with van der Waals surface area (Å²) < 4.78 is 0. The van der Waals surface area contributed by atoms with Crippen molar-refractivity contribution in [3.8, 4) is 0 Å². The number of benzene rings is 1. The van der Waals surface area contributed by atoms with Crippen LogP contribution in [0.3, 0.4) is 0 Å². The molecule has 3 atom stereocenters. The van der Waals surface area contributed by atoms with Crippen molar-refractivity contribution in [2.45, 2.75) is 52.1 Å². The molecule has 0 aromatic heterocycles. The van der Waals surface area contributed by atoms with Gasteiger partial charge in [-0.25, -0.2) is 0 Å². The summed E-state index contributed by atoms with van der Waals surface area (Å²) in [7, 11) is 0. The third-order valence-electron chi connectivity index (χ3n) is 5.46. The van der Waals surface area contributed by atoms with Crippen LogP contribution >= 0.6 is 0 Å². The first-order valence-electron chi connectivity index (χ1n) is 7.77. The van der Waals surface area contributed by atoms with Crippen molar-refractivity contribution in [1.29, 1.82) is 0 Å². The summed E-state index contributed by atoms with van der Waals surface area (Å²) in [5, 5.41) is 0. The third kappa shape index (κ3) is 2.38.